The van der Waals surface area contributed by atoms with Crippen LogP contribution in [0.5, 0.6) is 0 Å². The second kappa shape index (κ2) is 5.90. The Hall–Kier alpha value is -0.450. The van der Waals surface area contributed by atoms with Crippen LogP contribution < -0.4 is 0 Å². The third-order valence-electron chi connectivity index (χ3n) is 4.23. The minimum absolute atomic E-state index is 0.199. The number of rotatable bonds is 5. The Bertz CT molecular complexity index is 444. The molecule has 106 valence electrons. The van der Waals surface area contributed by atoms with E-state index in [-0.39, 0.29) is 5.82 Å². The third-order valence-corrected chi connectivity index (χ3v) is 4.84. The van der Waals surface area contributed by atoms with Gasteiger partial charge in [-0.1, -0.05) is 6.07 Å². The Morgan fingerprint density at radius 1 is 1.26 bits per heavy atom. The lowest BCUT2D eigenvalue weighted by atomic mass is 9.75. The fourth-order valence-corrected chi connectivity index (χ4v) is 3.27. The molecule has 2 nitrogen and oxygen atoms in total. The normalized spacial score (nSPS) is 17.8. The molecule has 1 aromatic carbocycles. The molecule has 0 N–H and O–H groups in total. The summed E-state index contributed by atoms with van der Waals surface area (Å²) in [6, 6.07) is 5.26. The molecule has 1 aliphatic rings. The van der Waals surface area contributed by atoms with Crippen molar-refractivity contribution in [3.05, 3.63) is 34.1 Å². The van der Waals surface area contributed by atoms with Gasteiger partial charge in [0, 0.05) is 18.6 Å². The topological polar surface area (TPSA) is 6.48 Å². The Morgan fingerprint density at radius 2 is 1.95 bits per heavy atom. The SMILES string of the molecule is CN(Cc1ccc(F)c(Br)c1)CC1(N(C)C)CCC1. The van der Waals surface area contributed by atoms with Gasteiger partial charge in [0.05, 0.1) is 4.47 Å². The number of hydrogen-bond acceptors (Lipinski definition) is 2. The zero-order valence-electron chi connectivity index (χ0n) is 11.9. The number of nitrogens with zero attached hydrogens (tertiary/aromatic N) is 2. The van der Waals surface area contributed by atoms with E-state index < -0.39 is 0 Å². The summed E-state index contributed by atoms with van der Waals surface area (Å²) in [6.45, 7) is 1.92. The summed E-state index contributed by atoms with van der Waals surface area (Å²) in [5.74, 6) is -0.199. The summed E-state index contributed by atoms with van der Waals surface area (Å²) in [6.07, 6.45) is 3.88. The Morgan fingerprint density at radius 3 is 2.42 bits per heavy atom. The lowest BCUT2D eigenvalue weighted by Gasteiger charge is -2.49. The highest BCUT2D eigenvalue weighted by atomic mass is 79.9. The molecule has 0 heterocycles. The first kappa shape index (κ1) is 14.9. The summed E-state index contributed by atoms with van der Waals surface area (Å²) < 4.78 is 13.8. The highest BCUT2D eigenvalue weighted by Crippen LogP contribution is 2.36. The summed E-state index contributed by atoms with van der Waals surface area (Å²) in [4.78, 5) is 4.69. The van der Waals surface area contributed by atoms with Crippen molar-refractivity contribution in [2.45, 2.75) is 31.3 Å². The molecule has 0 amide bonds. The molecule has 4 heteroatoms. The molecule has 1 fully saturated rings. The zero-order valence-corrected chi connectivity index (χ0v) is 13.5. The lowest BCUT2D eigenvalue weighted by Crippen LogP contribution is -2.56. The van der Waals surface area contributed by atoms with Crippen LogP contribution in [-0.4, -0.2) is 43.0 Å². The molecule has 1 saturated carbocycles. The van der Waals surface area contributed by atoms with Gasteiger partial charge in [-0.2, -0.15) is 0 Å². The Balaban J connectivity index is 1.97. The van der Waals surface area contributed by atoms with Crippen molar-refractivity contribution in [1.82, 2.24) is 9.80 Å². The molecule has 1 aromatic rings. The van der Waals surface area contributed by atoms with E-state index in [0.29, 0.717) is 10.0 Å². The molecule has 0 atom stereocenters. The molecule has 0 spiro atoms. The van der Waals surface area contributed by atoms with Crippen LogP contribution >= 0.6 is 15.9 Å². The highest BCUT2D eigenvalue weighted by molar-refractivity contribution is 9.10. The molecular weight excluding hydrogens is 307 g/mol. The van der Waals surface area contributed by atoms with Crippen molar-refractivity contribution in [3.63, 3.8) is 0 Å². The van der Waals surface area contributed by atoms with Gasteiger partial charge in [-0.25, -0.2) is 4.39 Å². The fourth-order valence-electron chi connectivity index (χ4n) is 2.84. The summed E-state index contributed by atoms with van der Waals surface area (Å²) in [7, 11) is 6.48. The van der Waals surface area contributed by atoms with Crippen LogP contribution in [0.15, 0.2) is 22.7 Å². The first-order valence-electron chi connectivity index (χ1n) is 6.73. The predicted molar refractivity (Wildman–Crippen MR) is 80.7 cm³/mol. The van der Waals surface area contributed by atoms with Gasteiger partial charge in [-0.15, -0.1) is 0 Å². The molecule has 19 heavy (non-hydrogen) atoms. The molecular formula is C15H22BrFN2. The second-order valence-electron chi connectivity index (χ2n) is 5.89. The van der Waals surface area contributed by atoms with Crippen LogP contribution in [0.4, 0.5) is 4.39 Å². The number of halogens is 2. The van der Waals surface area contributed by atoms with E-state index in [1.165, 1.54) is 25.3 Å². The van der Waals surface area contributed by atoms with Gasteiger partial charge in [0.25, 0.3) is 0 Å². The molecule has 0 bridgehead atoms. The quantitative estimate of drug-likeness (QED) is 0.816. The Kier molecular flexibility index (Phi) is 4.64. The summed E-state index contributed by atoms with van der Waals surface area (Å²) in [5.41, 5.74) is 1.48. The van der Waals surface area contributed by atoms with E-state index in [2.05, 4.69) is 46.9 Å². The fraction of sp³-hybridized carbons (Fsp3) is 0.600. The van der Waals surface area contributed by atoms with Gasteiger partial charge in [0.2, 0.25) is 0 Å². The number of likely N-dealkylation sites (N-methyl/N-ethyl adjacent to an activating group) is 2. The minimum atomic E-state index is -0.199. The monoisotopic (exact) mass is 328 g/mol. The third kappa shape index (κ3) is 3.36. The van der Waals surface area contributed by atoms with Crippen molar-refractivity contribution >= 4 is 15.9 Å². The average molecular weight is 329 g/mol. The average Bonchev–Trinajstić information content (AvgIpc) is 2.28. The first-order valence-corrected chi connectivity index (χ1v) is 7.52. The van der Waals surface area contributed by atoms with Crippen LogP contribution in [0.1, 0.15) is 24.8 Å². The van der Waals surface area contributed by atoms with Gasteiger partial charge in [-0.3, -0.25) is 0 Å². The maximum atomic E-state index is 13.2. The lowest BCUT2D eigenvalue weighted by molar-refractivity contribution is 0.0259. The smallest absolute Gasteiger partial charge is 0.137 e. The molecule has 0 aliphatic heterocycles. The summed E-state index contributed by atoms with van der Waals surface area (Å²) >= 11 is 3.24. The van der Waals surface area contributed by atoms with Crippen LogP contribution in [-0.2, 0) is 6.54 Å². The van der Waals surface area contributed by atoms with Gasteiger partial charge in [0.1, 0.15) is 5.82 Å². The molecule has 0 aromatic heterocycles. The second-order valence-corrected chi connectivity index (χ2v) is 6.75. The van der Waals surface area contributed by atoms with Crippen LogP contribution in [0.3, 0.4) is 0 Å². The molecule has 2 rings (SSSR count). The van der Waals surface area contributed by atoms with Gasteiger partial charge in [0.15, 0.2) is 0 Å². The van der Waals surface area contributed by atoms with Crippen LogP contribution in [0.2, 0.25) is 0 Å². The van der Waals surface area contributed by atoms with E-state index >= 15 is 0 Å². The maximum absolute atomic E-state index is 13.2. The van der Waals surface area contributed by atoms with Gasteiger partial charge < -0.3 is 9.80 Å². The van der Waals surface area contributed by atoms with Crippen molar-refractivity contribution in [3.8, 4) is 0 Å². The molecule has 1 aliphatic carbocycles. The Labute approximate surface area is 123 Å². The van der Waals surface area contributed by atoms with E-state index in [9.17, 15) is 4.39 Å². The van der Waals surface area contributed by atoms with Crippen molar-refractivity contribution in [2.75, 3.05) is 27.7 Å². The van der Waals surface area contributed by atoms with Crippen LogP contribution in [0.25, 0.3) is 0 Å². The number of hydrogen-bond donors (Lipinski definition) is 0. The van der Waals surface area contributed by atoms with Crippen molar-refractivity contribution < 1.29 is 4.39 Å². The first-order chi connectivity index (χ1) is 8.93. The van der Waals surface area contributed by atoms with Crippen molar-refractivity contribution in [1.29, 1.82) is 0 Å². The minimum Gasteiger partial charge on any atom is -0.302 e. The van der Waals surface area contributed by atoms with E-state index in [4.69, 9.17) is 0 Å². The largest absolute Gasteiger partial charge is 0.302 e. The standard InChI is InChI=1S/C15H22BrFN2/c1-18(2)15(7-4-8-15)11-19(3)10-12-5-6-14(17)13(16)9-12/h5-6,9H,4,7-8,10-11H2,1-3H3. The maximum Gasteiger partial charge on any atom is 0.137 e. The van der Waals surface area contributed by atoms with E-state index in [1.54, 1.807) is 0 Å². The summed E-state index contributed by atoms with van der Waals surface area (Å²) in [5, 5.41) is 0. The van der Waals surface area contributed by atoms with Crippen molar-refractivity contribution in [2.24, 2.45) is 0 Å². The van der Waals surface area contributed by atoms with E-state index in [0.717, 1.165) is 18.7 Å². The van der Waals surface area contributed by atoms with Gasteiger partial charge in [-0.05, 0) is 74.0 Å². The van der Waals surface area contributed by atoms with Gasteiger partial charge >= 0.3 is 0 Å². The zero-order chi connectivity index (χ0) is 14.0. The number of benzene rings is 1. The predicted octanol–water partition coefficient (Wildman–Crippen LogP) is 3.50. The molecule has 0 radical (unpaired) electrons. The molecule has 0 unspecified atom stereocenters. The highest BCUT2D eigenvalue weighted by Gasteiger charge is 2.39. The van der Waals surface area contributed by atoms with Crippen LogP contribution in [0, 0.1) is 5.82 Å². The molecule has 0 saturated heterocycles. The van der Waals surface area contributed by atoms with E-state index in [1.807, 2.05) is 12.1 Å².